The van der Waals surface area contributed by atoms with Gasteiger partial charge in [-0.05, 0) is 23.8 Å². The molecule has 1 aliphatic rings. The number of anilines is 1. The lowest BCUT2D eigenvalue weighted by Crippen LogP contribution is -2.33. The van der Waals surface area contributed by atoms with Gasteiger partial charge in [0.25, 0.3) is 0 Å². The van der Waals surface area contributed by atoms with E-state index in [0.717, 1.165) is 11.1 Å². The topological polar surface area (TPSA) is 163 Å². The Balaban J connectivity index is 1.46. The summed E-state index contributed by atoms with van der Waals surface area (Å²) in [5.74, 6) is 0.863. The number of hydrogen-bond acceptors (Lipinski definition) is 10. The van der Waals surface area contributed by atoms with Crippen molar-refractivity contribution in [2.45, 2.75) is 31.1 Å². The first-order valence-electron chi connectivity index (χ1n) is 12.5. The molecule has 2 aromatic carbocycles. The summed E-state index contributed by atoms with van der Waals surface area (Å²) in [6.07, 6.45) is -1.57. The van der Waals surface area contributed by atoms with Crippen LogP contribution in [0.3, 0.4) is 0 Å². The lowest BCUT2D eigenvalue weighted by atomic mass is 10.1. The van der Waals surface area contributed by atoms with E-state index in [1.807, 2.05) is 24.3 Å². The van der Waals surface area contributed by atoms with Gasteiger partial charge in [-0.15, -0.1) is 0 Å². The fraction of sp³-hybridized carbons (Fsp3) is 0.259. The highest BCUT2D eigenvalue weighted by molar-refractivity contribution is 5.87. The van der Waals surface area contributed by atoms with Gasteiger partial charge in [0.2, 0.25) is 0 Å². The number of nitrogens with zero attached hydrogens (tertiary/aromatic N) is 5. The zero-order valence-electron chi connectivity index (χ0n) is 21.3. The Hall–Kier alpha value is -4.43. The van der Waals surface area contributed by atoms with Gasteiger partial charge in [0, 0.05) is 23.9 Å². The van der Waals surface area contributed by atoms with Gasteiger partial charge in [0.1, 0.15) is 35.6 Å². The molecule has 0 aliphatic carbocycles. The Kier molecular flexibility index (Phi) is 6.86. The quantitative estimate of drug-likeness (QED) is 0.195. The fourth-order valence-electron chi connectivity index (χ4n) is 4.71. The number of halogens is 1. The van der Waals surface area contributed by atoms with Gasteiger partial charge in [-0.2, -0.15) is 5.10 Å². The van der Waals surface area contributed by atoms with Crippen molar-refractivity contribution in [3.8, 4) is 28.4 Å². The molecule has 5 aromatic rings. The third kappa shape index (κ3) is 4.54. The summed E-state index contributed by atoms with van der Waals surface area (Å²) in [5, 5.41) is 41.0. The number of rotatable bonds is 8. The Morgan fingerprint density at radius 1 is 1.10 bits per heavy atom. The van der Waals surface area contributed by atoms with Crippen LogP contribution in [0, 0.1) is 5.82 Å². The SMILES string of the molecule is COc1ccc(-c2c[nH]nc2-c2nc(NCc3ccccc3F)c3ncn([C@@H]4O[C@H](CO)[C@@H](O)[C@H]4O)c3n2)cc1. The van der Waals surface area contributed by atoms with Gasteiger partial charge in [-0.25, -0.2) is 19.3 Å². The van der Waals surface area contributed by atoms with Crippen molar-refractivity contribution in [2.75, 3.05) is 19.0 Å². The lowest BCUT2D eigenvalue weighted by Gasteiger charge is -2.17. The summed E-state index contributed by atoms with van der Waals surface area (Å²) in [4.78, 5) is 13.8. The molecule has 1 fully saturated rings. The van der Waals surface area contributed by atoms with E-state index in [-0.39, 0.29) is 23.8 Å². The zero-order chi connectivity index (χ0) is 27.8. The Bertz CT molecular complexity index is 1640. The molecule has 13 heteroatoms. The number of aromatic amines is 1. The highest BCUT2D eigenvalue weighted by atomic mass is 19.1. The lowest BCUT2D eigenvalue weighted by molar-refractivity contribution is -0.0511. The van der Waals surface area contributed by atoms with Crippen LogP contribution in [-0.4, -0.2) is 77.1 Å². The summed E-state index contributed by atoms with van der Waals surface area (Å²) in [7, 11) is 1.59. The first kappa shape index (κ1) is 25.8. The van der Waals surface area contributed by atoms with Crippen LogP contribution in [0.5, 0.6) is 5.75 Å². The van der Waals surface area contributed by atoms with Crippen molar-refractivity contribution in [3.05, 3.63) is 72.4 Å². The number of hydrogen-bond donors (Lipinski definition) is 5. The van der Waals surface area contributed by atoms with Crippen molar-refractivity contribution in [3.63, 3.8) is 0 Å². The summed E-state index contributed by atoms with van der Waals surface area (Å²) in [5.41, 5.74) is 3.04. The van der Waals surface area contributed by atoms with Gasteiger partial charge < -0.3 is 30.1 Å². The molecule has 1 aliphatic heterocycles. The molecular formula is C27H26FN7O5. The van der Waals surface area contributed by atoms with E-state index in [0.29, 0.717) is 28.3 Å². The molecule has 0 saturated carbocycles. The smallest absolute Gasteiger partial charge is 0.184 e. The monoisotopic (exact) mass is 547 g/mol. The summed E-state index contributed by atoms with van der Waals surface area (Å²) >= 11 is 0. The number of fused-ring (bicyclic) bond motifs is 1. The maximum Gasteiger partial charge on any atom is 0.184 e. The molecule has 3 aromatic heterocycles. The molecule has 0 bridgehead atoms. The van der Waals surface area contributed by atoms with Crippen molar-refractivity contribution < 1.29 is 29.2 Å². The van der Waals surface area contributed by atoms with E-state index in [4.69, 9.17) is 19.4 Å². The number of benzene rings is 2. The number of methoxy groups -OCH3 is 1. The number of aromatic nitrogens is 6. The molecule has 0 spiro atoms. The first-order valence-corrected chi connectivity index (χ1v) is 12.5. The van der Waals surface area contributed by atoms with Crippen LogP contribution >= 0.6 is 0 Å². The van der Waals surface area contributed by atoms with Crippen LogP contribution in [0.2, 0.25) is 0 Å². The molecule has 0 amide bonds. The Labute approximate surface area is 227 Å². The van der Waals surface area contributed by atoms with Crippen molar-refractivity contribution in [1.29, 1.82) is 0 Å². The third-order valence-electron chi connectivity index (χ3n) is 6.87. The van der Waals surface area contributed by atoms with E-state index in [2.05, 4.69) is 20.5 Å². The largest absolute Gasteiger partial charge is 0.497 e. The second-order valence-electron chi connectivity index (χ2n) is 9.27. The molecule has 1 saturated heterocycles. The molecule has 6 rings (SSSR count). The van der Waals surface area contributed by atoms with Gasteiger partial charge >= 0.3 is 0 Å². The maximum absolute atomic E-state index is 14.4. The minimum absolute atomic E-state index is 0.116. The highest BCUT2D eigenvalue weighted by Gasteiger charge is 2.44. The standard InChI is InChI=1S/C27H26FN7O5/c1-39-16-8-6-14(7-9-16)17-11-31-34-20(17)25-32-24(29-10-15-4-2-3-5-18(15)28)21-26(33-25)35(13-30-21)27-23(38)22(37)19(12-36)40-27/h2-9,11,13,19,22-23,27,36-38H,10,12H2,1H3,(H,31,34)(H,29,32,33)/t19-,22-,23-,27-/m1/s1. The number of nitrogens with one attached hydrogen (secondary N) is 2. The number of ether oxygens (including phenoxy) is 2. The molecule has 206 valence electrons. The maximum atomic E-state index is 14.4. The van der Waals surface area contributed by atoms with Crippen LogP contribution in [-0.2, 0) is 11.3 Å². The molecule has 4 heterocycles. The van der Waals surface area contributed by atoms with Gasteiger partial charge in [0.15, 0.2) is 29.0 Å². The molecule has 12 nitrogen and oxygen atoms in total. The zero-order valence-corrected chi connectivity index (χ0v) is 21.3. The molecule has 5 N–H and O–H groups in total. The van der Waals surface area contributed by atoms with Gasteiger partial charge in [-0.1, -0.05) is 30.3 Å². The number of aliphatic hydroxyl groups is 3. The van der Waals surface area contributed by atoms with Crippen molar-refractivity contribution in [1.82, 2.24) is 29.7 Å². The second kappa shape index (κ2) is 10.6. The van der Waals surface area contributed by atoms with E-state index >= 15 is 0 Å². The minimum Gasteiger partial charge on any atom is -0.497 e. The second-order valence-corrected chi connectivity index (χ2v) is 9.27. The Morgan fingerprint density at radius 2 is 1.90 bits per heavy atom. The number of imidazole rings is 1. The summed E-state index contributed by atoms with van der Waals surface area (Å²) in [6, 6.07) is 13.8. The average Bonchev–Trinajstić information content (AvgIpc) is 3.70. The first-order chi connectivity index (χ1) is 19.5. The van der Waals surface area contributed by atoms with Crippen molar-refractivity contribution >= 4 is 17.0 Å². The van der Waals surface area contributed by atoms with Crippen LogP contribution in [0.1, 0.15) is 11.8 Å². The number of H-pyrrole nitrogens is 1. The van der Waals surface area contributed by atoms with Crippen molar-refractivity contribution in [2.24, 2.45) is 0 Å². The van der Waals surface area contributed by atoms with Crippen LogP contribution < -0.4 is 10.1 Å². The van der Waals surface area contributed by atoms with Gasteiger partial charge in [-0.3, -0.25) is 9.67 Å². The van der Waals surface area contributed by atoms with Crippen LogP contribution in [0.15, 0.2) is 61.1 Å². The molecule has 0 radical (unpaired) electrons. The molecular weight excluding hydrogens is 521 g/mol. The minimum atomic E-state index is -1.34. The highest BCUT2D eigenvalue weighted by Crippen LogP contribution is 2.35. The summed E-state index contributed by atoms with van der Waals surface area (Å²) < 4.78 is 26.8. The molecule has 0 unspecified atom stereocenters. The molecule has 4 atom stereocenters. The summed E-state index contributed by atoms with van der Waals surface area (Å²) in [6.45, 7) is -0.361. The van der Waals surface area contributed by atoms with E-state index < -0.39 is 31.1 Å². The predicted molar refractivity (Wildman–Crippen MR) is 142 cm³/mol. The van der Waals surface area contributed by atoms with Crippen LogP contribution in [0.4, 0.5) is 10.2 Å². The van der Waals surface area contributed by atoms with Crippen LogP contribution in [0.25, 0.3) is 33.8 Å². The normalized spacial score (nSPS) is 20.7. The van der Waals surface area contributed by atoms with Gasteiger partial charge in [0.05, 0.1) is 20.0 Å². The van der Waals surface area contributed by atoms with E-state index in [1.54, 1.807) is 31.5 Å². The van der Waals surface area contributed by atoms with E-state index in [1.165, 1.54) is 17.0 Å². The molecule has 40 heavy (non-hydrogen) atoms. The third-order valence-corrected chi connectivity index (χ3v) is 6.87. The fourth-order valence-corrected chi connectivity index (χ4v) is 4.71. The number of aliphatic hydroxyl groups excluding tert-OH is 3. The predicted octanol–water partition coefficient (Wildman–Crippen LogP) is 2.25. The average molecular weight is 548 g/mol. The van der Waals surface area contributed by atoms with E-state index in [9.17, 15) is 19.7 Å². The Morgan fingerprint density at radius 3 is 2.62 bits per heavy atom.